The number of benzene rings is 2. The van der Waals surface area contributed by atoms with Gasteiger partial charge >= 0.3 is 0 Å². The molecule has 1 saturated carbocycles. The number of Topliss-reactive ketones (excluding diaryl/α,β-unsaturated/α-hetero) is 1. The van der Waals surface area contributed by atoms with Gasteiger partial charge in [0.25, 0.3) is 5.56 Å². The quantitative estimate of drug-likeness (QED) is 0.247. The van der Waals surface area contributed by atoms with Crippen LogP contribution in [0.3, 0.4) is 0 Å². The summed E-state index contributed by atoms with van der Waals surface area (Å²) in [6.45, 7) is 9.29. The van der Waals surface area contributed by atoms with Crippen molar-refractivity contribution in [3.05, 3.63) is 94.8 Å². The number of fused-ring (bicyclic) bond motifs is 1. The monoisotopic (exact) mass is 606 g/mol. The van der Waals surface area contributed by atoms with Crippen LogP contribution < -0.4 is 19.5 Å². The smallest absolute Gasteiger partial charge is 0.269 e. The molecule has 0 atom stereocenters. The number of hydrogen-bond acceptors (Lipinski definition) is 6. The Kier molecular flexibility index (Phi) is 7.30. The standard InChI is InChI=1S/C33H32F2N2O3S2/c1-32(2)16-23-30(33(3,4)18-32)42-28(36-23)17-37-29(15-24(38)20-10-11-20)41-27(31(37)39)14-19-9-12-26(22(35)13-19)40-25-8-6-5-7-21(25)34/h5-9,12-15,20H,10-11,16-18H2,1-4H3/b27-14-,29-15-. The predicted molar refractivity (Wildman–Crippen MR) is 163 cm³/mol. The molecule has 0 saturated heterocycles. The molecule has 2 heterocycles. The molecule has 0 unspecified atom stereocenters. The molecular weight excluding hydrogens is 575 g/mol. The number of carbonyl (C=O) groups excluding carboxylic acids is 1. The molecule has 0 aliphatic heterocycles. The van der Waals surface area contributed by atoms with Crippen LogP contribution in [0.5, 0.6) is 11.5 Å². The van der Waals surface area contributed by atoms with Crippen LogP contribution in [0.25, 0.3) is 12.2 Å². The van der Waals surface area contributed by atoms with Crippen molar-refractivity contribution in [2.45, 2.75) is 65.3 Å². The van der Waals surface area contributed by atoms with E-state index in [9.17, 15) is 18.4 Å². The summed E-state index contributed by atoms with van der Waals surface area (Å²) in [5.41, 5.74) is 1.43. The minimum atomic E-state index is -0.682. The summed E-state index contributed by atoms with van der Waals surface area (Å²) < 4.78 is 36.9. The van der Waals surface area contributed by atoms with E-state index < -0.39 is 11.6 Å². The maximum atomic E-state index is 14.9. The Labute approximate surface area is 250 Å². The number of rotatable bonds is 7. The number of para-hydroxylation sites is 1. The van der Waals surface area contributed by atoms with E-state index in [0.29, 0.717) is 14.8 Å². The highest BCUT2D eigenvalue weighted by atomic mass is 32.1. The Bertz CT molecular complexity index is 1880. The van der Waals surface area contributed by atoms with Crippen molar-refractivity contribution in [3.63, 3.8) is 0 Å². The lowest BCUT2D eigenvalue weighted by molar-refractivity contribution is -0.114. The van der Waals surface area contributed by atoms with Crippen LogP contribution in [-0.2, 0) is 23.2 Å². The minimum absolute atomic E-state index is 0.00529. The third kappa shape index (κ3) is 5.90. The van der Waals surface area contributed by atoms with Gasteiger partial charge in [-0.15, -0.1) is 22.7 Å². The average Bonchev–Trinajstić information content (AvgIpc) is 3.62. The number of halogens is 2. The fraction of sp³-hybridized carbons (Fsp3) is 0.364. The Morgan fingerprint density at radius 1 is 1.07 bits per heavy atom. The van der Waals surface area contributed by atoms with E-state index >= 15 is 0 Å². The van der Waals surface area contributed by atoms with Crippen LogP contribution in [0.1, 0.15) is 68.1 Å². The van der Waals surface area contributed by atoms with Gasteiger partial charge in [0, 0.05) is 22.3 Å². The first-order valence-electron chi connectivity index (χ1n) is 14.1. The van der Waals surface area contributed by atoms with E-state index in [1.54, 1.807) is 40.2 Å². The number of thiazole rings is 2. The summed E-state index contributed by atoms with van der Waals surface area (Å²) >= 11 is 2.86. The molecule has 6 rings (SSSR count). The second-order valence-corrected chi connectivity index (χ2v) is 14.8. The number of nitrogens with zero attached hydrogens (tertiary/aromatic N) is 2. The zero-order chi connectivity index (χ0) is 29.8. The number of carbonyl (C=O) groups is 1. The van der Waals surface area contributed by atoms with E-state index in [4.69, 9.17) is 9.72 Å². The molecule has 0 radical (unpaired) electrons. The van der Waals surface area contributed by atoms with Crippen LogP contribution in [0.15, 0.2) is 47.3 Å². The molecule has 0 bridgehead atoms. The molecule has 218 valence electrons. The van der Waals surface area contributed by atoms with E-state index in [2.05, 4.69) is 27.7 Å². The first-order valence-corrected chi connectivity index (χ1v) is 15.7. The van der Waals surface area contributed by atoms with Crippen LogP contribution >= 0.6 is 22.7 Å². The minimum Gasteiger partial charge on any atom is -0.451 e. The third-order valence-corrected chi connectivity index (χ3v) is 10.2. The van der Waals surface area contributed by atoms with Crippen molar-refractivity contribution < 1.29 is 18.3 Å². The number of ketones is 1. The van der Waals surface area contributed by atoms with Crippen molar-refractivity contribution in [2.75, 3.05) is 0 Å². The van der Waals surface area contributed by atoms with Crippen molar-refractivity contribution in [1.82, 2.24) is 9.55 Å². The van der Waals surface area contributed by atoms with Gasteiger partial charge < -0.3 is 4.74 Å². The highest BCUT2D eigenvalue weighted by Crippen LogP contribution is 2.47. The van der Waals surface area contributed by atoms with E-state index in [1.165, 1.54) is 46.5 Å². The van der Waals surface area contributed by atoms with E-state index in [0.717, 1.165) is 36.4 Å². The van der Waals surface area contributed by atoms with Crippen LogP contribution in [0, 0.1) is 23.0 Å². The van der Waals surface area contributed by atoms with Gasteiger partial charge in [0.15, 0.2) is 28.9 Å². The molecule has 2 aliphatic rings. The molecule has 4 aromatic rings. The van der Waals surface area contributed by atoms with Crippen molar-refractivity contribution >= 4 is 40.6 Å². The molecule has 9 heteroatoms. The number of hydrogen-bond donors (Lipinski definition) is 0. The van der Waals surface area contributed by atoms with Crippen molar-refractivity contribution in [3.8, 4) is 11.5 Å². The van der Waals surface area contributed by atoms with Crippen molar-refractivity contribution in [1.29, 1.82) is 0 Å². The zero-order valence-corrected chi connectivity index (χ0v) is 25.6. The van der Waals surface area contributed by atoms with Gasteiger partial charge in [-0.2, -0.15) is 0 Å². The predicted octanol–water partition coefficient (Wildman–Crippen LogP) is 6.32. The fourth-order valence-corrected chi connectivity index (χ4v) is 8.15. The van der Waals surface area contributed by atoms with Crippen LogP contribution in [0.4, 0.5) is 8.78 Å². The summed E-state index contributed by atoms with van der Waals surface area (Å²) in [6.07, 6.45) is 6.87. The fourth-order valence-electron chi connectivity index (χ4n) is 5.93. The second kappa shape index (κ2) is 10.7. The Morgan fingerprint density at radius 2 is 1.81 bits per heavy atom. The van der Waals surface area contributed by atoms with Crippen LogP contribution in [-0.4, -0.2) is 15.3 Å². The van der Waals surface area contributed by atoms with Gasteiger partial charge in [0.1, 0.15) is 9.67 Å². The summed E-state index contributed by atoms with van der Waals surface area (Å²) in [6, 6.07) is 10.1. The molecule has 0 N–H and O–H groups in total. The maximum absolute atomic E-state index is 14.9. The van der Waals surface area contributed by atoms with Gasteiger partial charge in [-0.1, -0.05) is 45.9 Å². The lowest BCUT2D eigenvalue weighted by atomic mass is 9.67. The first kappa shape index (κ1) is 28.7. The summed E-state index contributed by atoms with van der Waals surface area (Å²) in [4.78, 5) is 32.7. The summed E-state index contributed by atoms with van der Waals surface area (Å²) in [5, 5.41) is 0.839. The van der Waals surface area contributed by atoms with Gasteiger partial charge in [0.05, 0.1) is 16.8 Å². The Hall–Kier alpha value is -3.43. The molecule has 0 spiro atoms. The van der Waals surface area contributed by atoms with Gasteiger partial charge in [0.2, 0.25) is 0 Å². The molecule has 1 fully saturated rings. The molecule has 5 nitrogen and oxygen atoms in total. The third-order valence-electron chi connectivity index (χ3n) is 7.71. The van der Waals surface area contributed by atoms with E-state index in [-0.39, 0.29) is 46.1 Å². The Morgan fingerprint density at radius 3 is 2.52 bits per heavy atom. The topological polar surface area (TPSA) is 61.2 Å². The molecule has 42 heavy (non-hydrogen) atoms. The van der Waals surface area contributed by atoms with Gasteiger partial charge in [-0.05, 0) is 67.0 Å². The normalized spacial score (nSPS) is 18.2. The molecule has 2 aliphatic carbocycles. The lowest BCUT2D eigenvalue weighted by Gasteiger charge is -2.39. The number of ether oxygens (including phenoxy) is 1. The highest BCUT2D eigenvalue weighted by Gasteiger charge is 2.40. The average molecular weight is 607 g/mol. The van der Waals surface area contributed by atoms with E-state index in [1.807, 2.05) is 0 Å². The second-order valence-electron chi connectivity index (χ2n) is 12.7. The van der Waals surface area contributed by atoms with Gasteiger partial charge in [-0.3, -0.25) is 14.2 Å². The maximum Gasteiger partial charge on any atom is 0.269 e. The number of aromatic nitrogens is 2. The summed E-state index contributed by atoms with van der Waals surface area (Å²) in [7, 11) is 0. The lowest BCUT2D eigenvalue weighted by Crippen LogP contribution is -2.33. The summed E-state index contributed by atoms with van der Waals surface area (Å²) in [5.74, 6) is -1.43. The molecule has 0 amide bonds. The Balaban J connectivity index is 1.36. The molecular formula is C33H32F2N2O3S2. The van der Waals surface area contributed by atoms with Gasteiger partial charge in [-0.25, -0.2) is 13.8 Å². The zero-order valence-electron chi connectivity index (χ0n) is 24.0. The first-order chi connectivity index (χ1) is 19.9. The largest absolute Gasteiger partial charge is 0.451 e. The van der Waals surface area contributed by atoms with Crippen LogP contribution in [0.2, 0.25) is 0 Å². The molecule has 2 aromatic carbocycles. The highest BCUT2D eigenvalue weighted by molar-refractivity contribution is 7.12. The van der Waals surface area contributed by atoms with Crippen molar-refractivity contribution in [2.24, 2.45) is 11.3 Å². The SMILES string of the molecule is CC1(C)Cc2nc(Cn3c(=O)/c(=C/c4ccc(Oc5ccccc5F)c(F)c4)s/c3=C\C(=O)C3CC3)sc2C(C)(C)C1. The molecule has 2 aromatic heterocycles.